The van der Waals surface area contributed by atoms with Crippen molar-refractivity contribution in [3.05, 3.63) is 12.3 Å². The Balaban J connectivity index is 2.82. The molecular weight excluding hydrogens is 336 g/mol. The number of alkyl halides is 6. The molecule has 1 heterocycles. The Morgan fingerprint density at radius 2 is 1.61 bits per heavy atom. The fourth-order valence-corrected chi connectivity index (χ4v) is 2.11. The van der Waals surface area contributed by atoms with Crippen LogP contribution in [0.1, 0.15) is 26.7 Å². The monoisotopic (exact) mass is 349 g/mol. The Hall–Kier alpha value is -1.94. The maximum Gasteiger partial charge on any atom is 0.493 e. The lowest BCUT2D eigenvalue weighted by atomic mass is 9.89. The van der Waals surface area contributed by atoms with Gasteiger partial charge in [0.15, 0.2) is 0 Å². The number of carbonyl (C=O) groups excluding carboxylic acids is 2. The highest BCUT2D eigenvalue weighted by Crippen LogP contribution is 2.37. The van der Waals surface area contributed by atoms with Gasteiger partial charge in [0.05, 0.1) is 5.54 Å². The summed E-state index contributed by atoms with van der Waals surface area (Å²) in [7, 11) is 0. The van der Waals surface area contributed by atoms with E-state index in [9.17, 15) is 35.9 Å². The first-order valence-corrected chi connectivity index (χ1v) is 6.19. The Kier molecular flexibility index (Phi) is 4.93. The summed E-state index contributed by atoms with van der Waals surface area (Å²) < 4.78 is 77.5. The summed E-state index contributed by atoms with van der Waals surface area (Å²) in [5.41, 5.74) is -1.58. The number of ether oxygens (including phenoxy) is 1. The van der Waals surface area contributed by atoms with Crippen molar-refractivity contribution in [2.24, 2.45) is 0 Å². The van der Waals surface area contributed by atoms with Gasteiger partial charge in [-0.2, -0.15) is 26.3 Å². The topological polar surface area (TPSA) is 55.8 Å². The highest BCUT2D eigenvalue weighted by Gasteiger charge is 2.49. The minimum Gasteiger partial charge on any atom is -0.455 e. The van der Waals surface area contributed by atoms with E-state index in [1.807, 2.05) is 0 Å². The first kappa shape index (κ1) is 19.1. The number of esters is 1. The highest BCUT2D eigenvalue weighted by atomic mass is 19.4. The lowest BCUT2D eigenvalue weighted by molar-refractivity contribution is -0.256. The second-order valence-corrected chi connectivity index (χ2v) is 5.48. The smallest absolute Gasteiger partial charge is 0.455 e. The van der Waals surface area contributed by atoms with Crippen LogP contribution in [-0.2, 0) is 19.2 Å². The third-order valence-corrected chi connectivity index (χ3v) is 2.94. The Labute approximate surface area is 126 Å². The second-order valence-electron chi connectivity index (χ2n) is 5.48. The molecule has 0 aromatic heterocycles. The molecule has 23 heavy (non-hydrogen) atoms. The van der Waals surface area contributed by atoms with Crippen LogP contribution in [0.25, 0.3) is 0 Å². The van der Waals surface area contributed by atoms with Gasteiger partial charge >= 0.3 is 24.3 Å². The van der Waals surface area contributed by atoms with Gasteiger partial charge in [-0.05, 0) is 13.8 Å². The van der Waals surface area contributed by atoms with E-state index in [1.54, 1.807) is 0 Å². The summed E-state index contributed by atoms with van der Waals surface area (Å²) in [5, 5.41) is 0.570. The predicted molar refractivity (Wildman–Crippen MR) is 62.4 cm³/mol. The molecule has 0 amide bonds. The molecule has 0 saturated carbocycles. The van der Waals surface area contributed by atoms with Crippen molar-refractivity contribution in [3.63, 3.8) is 0 Å². The predicted octanol–water partition coefficient (Wildman–Crippen LogP) is 2.87. The molecule has 1 saturated heterocycles. The van der Waals surface area contributed by atoms with Crippen molar-refractivity contribution in [3.8, 4) is 0 Å². The van der Waals surface area contributed by atoms with Crippen molar-refractivity contribution >= 4 is 11.9 Å². The fourth-order valence-electron chi connectivity index (χ4n) is 2.11. The minimum atomic E-state index is -5.24. The zero-order valence-electron chi connectivity index (χ0n) is 12.0. The summed E-state index contributed by atoms with van der Waals surface area (Å²) in [6.07, 6.45) is -12.4. The lowest BCUT2D eigenvalue weighted by Gasteiger charge is -2.45. The molecule has 0 bridgehead atoms. The van der Waals surface area contributed by atoms with Gasteiger partial charge in [-0.1, -0.05) is 6.58 Å². The molecule has 0 aliphatic carbocycles. The van der Waals surface area contributed by atoms with Crippen LogP contribution in [0.3, 0.4) is 0 Å². The summed E-state index contributed by atoms with van der Waals surface area (Å²) in [6.45, 7) is 5.96. The van der Waals surface area contributed by atoms with E-state index in [0.29, 0.717) is 5.06 Å². The van der Waals surface area contributed by atoms with Crippen molar-refractivity contribution < 1.29 is 45.5 Å². The molecule has 1 aliphatic heterocycles. The van der Waals surface area contributed by atoms with E-state index in [0.717, 1.165) is 0 Å². The van der Waals surface area contributed by atoms with Gasteiger partial charge in [0, 0.05) is 18.5 Å². The molecule has 0 aromatic rings. The van der Waals surface area contributed by atoms with Gasteiger partial charge < -0.3 is 9.57 Å². The molecule has 0 spiro atoms. The molecule has 1 unspecified atom stereocenters. The number of carbonyl (C=O) groups is 2. The number of hydroxylamine groups is 2. The molecule has 0 radical (unpaired) electrons. The first-order valence-electron chi connectivity index (χ1n) is 6.19. The van der Waals surface area contributed by atoms with Crippen LogP contribution in [0.4, 0.5) is 26.3 Å². The molecule has 0 N–H and O–H groups in total. The van der Waals surface area contributed by atoms with Gasteiger partial charge in [-0.15, -0.1) is 0 Å². The first-order chi connectivity index (χ1) is 10.1. The number of halogens is 6. The number of hydrogen-bond acceptors (Lipinski definition) is 5. The van der Waals surface area contributed by atoms with Gasteiger partial charge in [-0.3, -0.25) is 0 Å². The van der Waals surface area contributed by atoms with Crippen LogP contribution in [0.5, 0.6) is 0 Å². The maximum absolute atomic E-state index is 12.2. The Morgan fingerprint density at radius 3 is 2.00 bits per heavy atom. The summed E-state index contributed by atoms with van der Waals surface area (Å²) in [5.74, 6) is -4.90. The quantitative estimate of drug-likeness (QED) is 0.567. The standard InChI is InChI=1S/C12H13F6NO4/c1-6-4-7(22-8(20)11(13,14)15)5-10(2,3)19(6)23-9(21)12(16,17)18/h7H,1,4-5H2,2-3H3. The summed E-state index contributed by atoms with van der Waals surface area (Å²) >= 11 is 0. The number of rotatable bonds is 2. The second kappa shape index (κ2) is 5.93. The van der Waals surface area contributed by atoms with Gasteiger partial charge in [0.25, 0.3) is 0 Å². The lowest BCUT2D eigenvalue weighted by Crippen LogP contribution is -2.52. The number of nitrogens with zero attached hydrogens (tertiary/aromatic N) is 1. The zero-order valence-corrected chi connectivity index (χ0v) is 12.0. The number of piperidine rings is 1. The Morgan fingerprint density at radius 1 is 1.13 bits per heavy atom. The average molecular weight is 349 g/mol. The van der Waals surface area contributed by atoms with Crippen LogP contribution in [0.2, 0.25) is 0 Å². The van der Waals surface area contributed by atoms with Crippen LogP contribution in [0, 0.1) is 0 Å². The van der Waals surface area contributed by atoms with Gasteiger partial charge in [-0.25, -0.2) is 14.7 Å². The normalized spacial score (nSPS) is 21.8. The largest absolute Gasteiger partial charge is 0.493 e. The number of hydrogen-bond donors (Lipinski definition) is 0. The molecule has 1 fully saturated rings. The van der Waals surface area contributed by atoms with E-state index >= 15 is 0 Å². The van der Waals surface area contributed by atoms with E-state index in [2.05, 4.69) is 16.2 Å². The molecular formula is C12H13F6NO4. The third kappa shape index (κ3) is 4.76. The summed E-state index contributed by atoms with van der Waals surface area (Å²) in [4.78, 5) is 25.9. The maximum atomic E-state index is 12.2. The van der Waals surface area contributed by atoms with E-state index < -0.39 is 42.4 Å². The van der Waals surface area contributed by atoms with Crippen LogP contribution < -0.4 is 0 Å². The van der Waals surface area contributed by atoms with Crippen molar-refractivity contribution in [2.45, 2.75) is 50.7 Å². The van der Waals surface area contributed by atoms with Crippen LogP contribution in [-0.4, -0.2) is 41.0 Å². The molecule has 1 rings (SSSR count). The molecule has 0 aromatic carbocycles. The van der Waals surface area contributed by atoms with Gasteiger partial charge in [0.2, 0.25) is 0 Å². The van der Waals surface area contributed by atoms with E-state index in [4.69, 9.17) is 0 Å². The Bertz CT molecular complexity index is 511. The minimum absolute atomic E-state index is 0.223. The molecule has 11 heteroatoms. The van der Waals surface area contributed by atoms with Crippen molar-refractivity contribution in [1.82, 2.24) is 5.06 Å². The summed E-state index contributed by atoms with van der Waals surface area (Å²) in [6, 6.07) is 0. The SMILES string of the molecule is C=C1CC(OC(=O)C(F)(F)F)CC(C)(C)N1OC(=O)C(F)(F)F. The average Bonchev–Trinajstić information content (AvgIpc) is 2.30. The van der Waals surface area contributed by atoms with E-state index in [1.165, 1.54) is 13.8 Å². The molecule has 1 aliphatic rings. The highest BCUT2D eigenvalue weighted by molar-refractivity contribution is 5.76. The van der Waals surface area contributed by atoms with Crippen LogP contribution >= 0.6 is 0 Å². The molecule has 132 valence electrons. The van der Waals surface area contributed by atoms with Crippen molar-refractivity contribution in [2.75, 3.05) is 0 Å². The third-order valence-electron chi connectivity index (χ3n) is 2.94. The van der Waals surface area contributed by atoms with Gasteiger partial charge in [0.1, 0.15) is 6.10 Å². The van der Waals surface area contributed by atoms with Crippen LogP contribution in [0.15, 0.2) is 12.3 Å². The zero-order chi connectivity index (χ0) is 18.2. The molecule has 1 atom stereocenters. The van der Waals surface area contributed by atoms with E-state index in [-0.39, 0.29) is 12.1 Å². The van der Waals surface area contributed by atoms with Crippen molar-refractivity contribution in [1.29, 1.82) is 0 Å². The fraction of sp³-hybridized carbons (Fsp3) is 0.667. The molecule has 5 nitrogen and oxygen atoms in total.